The Morgan fingerprint density at radius 2 is 1.96 bits per heavy atom. The third-order valence-corrected chi connectivity index (χ3v) is 4.69. The maximum absolute atomic E-state index is 4.80. The highest BCUT2D eigenvalue weighted by Gasteiger charge is 2.14. The lowest BCUT2D eigenvalue weighted by molar-refractivity contribution is 0.752. The quantitative estimate of drug-likeness (QED) is 0.572. The molecule has 0 atom stereocenters. The second-order valence-electron chi connectivity index (χ2n) is 6.45. The van der Waals surface area contributed by atoms with Crippen LogP contribution in [0, 0.1) is 0 Å². The van der Waals surface area contributed by atoms with E-state index in [4.69, 9.17) is 4.98 Å². The van der Waals surface area contributed by atoms with Crippen molar-refractivity contribution in [1.82, 2.24) is 24.3 Å². The number of hydrogen-bond donors (Lipinski definition) is 0. The van der Waals surface area contributed by atoms with E-state index in [0.29, 0.717) is 5.95 Å². The fraction of sp³-hybridized carbons (Fsp3) is 0.316. The van der Waals surface area contributed by atoms with Gasteiger partial charge in [-0.25, -0.2) is 9.97 Å². The average Bonchev–Trinajstić information content (AvgIpc) is 3.15. The van der Waals surface area contributed by atoms with Gasteiger partial charge >= 0.3 is 0 Å². The molecule has 25 heavy (non-hydrogen) atoms. The number of anilines is 2. The van der Waals surface area contributed by atoms with Crippen LogP contribution in [0.15, 0.2) is 36.7 Å². The SMILES string of the molecule is CCCc1nn(C)c2cnc(N(C)c3ccc4c(ccn4C)c3)nc12. The van der Waals surface area contributed by atoms with Gasteiger partial charge in [0.25, 0.3) is 0 Å². The third kappa shape index (κ3) is 2.54. The van der Waals surface area contributed by atoms with Crippen molar-refractivity contribution < 1.29 is 0 Å². The summed E-state index contributed by atoms with van der Waals surface area (Å²) in [6.45, 7) is 2.16. The van der Waals surface area contributed by atoms with Crippen molar-refractivity contribution in [2.75, 3.05) is 11.9 Å². The number of aryl methyl sites for hydroxylation is 3. The van der Waals surface area contributed by atoms with Gasteiger partial charge in [-0.3, -0.25) is 4.68 Å². The van der Waals surface area contributed by atoms with Gasteiger partial charge < -0.3 is 9.47 Å². The van der Waals surface area contributed by atoms with Gasteiger partial charge in [0.15, 0.2) is 0 Å². The largest absolute Gasteiger partial charge is 0.351 e. The normalized spacial score (nSPS) is 11.5. The Kier molecular flexibility index (Phi) is 3.67. The van der Waals surface area contributed by atoms with Crippen LogP contribution in [0.4, 0.5) is 11.6 Å². The number of benzene rings is 1. The first kappa shape index (κ1) is 15.6. The fourth-order valence-electron chi connectivity index (χ4n) is 3.26. The summed E-state index contributed by atoms with van der Waals surface area (Å²) in [5.41, 5.74) is 5.24. The van der Waals surface area contributed by atoms with Gasteiger partial charge in [-0.2, -0.15) is 5.10 Å². The maximum Gasteiger partial charge on any atom is 0.230 e. The van der Waals surface area contributed by atoms with Crippen molar-refractivity contribution in [2.45, 2.75) is 19.8 Å². The van der Waals surface area contributed by atoms with Gasteiger partial charge in [-0.15, -0.1) is 0 Å². The highest BCUT2D eigenvalue weighted by molar-refractivity contribution is 5.85. The molecule has 6 heteroatoms. The monoisotopic (exact) mass is 334 g/mol. The summed E-state index contributed by atoms with van der Waals surface area (Å²) in [6, 6.07) is 8.52. The van der Waals surface area contributed by atoms with Crippen molar-refractivity contribution in [3.63, 3.8) is 0 Å². The molecule has 1 aromatic carbocycles. The molecular formula is C19H22N6. The lowest BCUT2D eigenvalue weighted by atomic mass is 10.2. The molecule has 0 spiro atoms. The Bertz CT molecular complexity index is 1060. The Hall–Kier alpha value is -2.89. The second-order valence-corrected chi connectivity index (χ2v) is 6.45. The number of nitrogens with zero attached hydrogens (tertiary/aromatic N) is 6. The van der Waals surface area contributed by atoms with E-state index in [2.05, 4.69) is 59.1 Å². The topological polar surface area (TPSA) is 51.8 Å². The molecule has 128 valence electrons. The van der Waals surface area contributed by atoms with Crippen LogP contribution in [-0.2, 0) is 20.5 Å². The van der Waals surface area contributed by atoms with Crippen molar-refractivity contribution in [2.24, 2.45) is 14.1 Å². The van der Waals surface area contributed by atoms with Crippen LogP contribution in [0.5, 0.6) is 0 Å². The van der Waals surface area contributed by atoms with Crippen LogP contribution in [0.3, 0.4) is 0 Å². The maximum atomic E-state index is 4.80. The zero-order valence-corrected chi connectivity index (χ0v) is 15.1. The summed E-state index contributed by atoms with van der Waals surface area (Å²) < 4.78 is 3.98. The van der Waals surface area contributed by atoms with E-state index < -0.39 is 0 Å². The summed E-state index contributed by atoms with van der Waals surface area (Å²) in [4.78, 5) is 11.4. The molecule has 6 nitrogen and oxygen atoms in total. The molecule has 3 heterocycles. The minimum atomic E-state index is 0.688. The van der Waals surface area contributed by atoms with Crippen LogP contribution in [0.25, 0.3) is 21.9 Å². The molecule has 0 bridgehead atoms. The Labute approximate surface area is 146 Å². The predicted molar refractivity (Wildman–Crippen MR) is 101 cm³/mol. The molecule has 4 rings (SSSR count). The summed E-state index contributed by atoms with van der Waals surface area (Å²) in [6.07, 6.45) is 5.91. The summed E-state index contributed by atoms with van der Waals surface area (Å²) in [5, 5.41) is 5.80. The van der Waals surface area contributed by atoms with Gasteiger partial charge in [-0.1, -0.05) is 13.3 Å². The van der Waals surface area contributed by atoms with Crippen molar-refractivity contribution in [3.8, 4) is 0 Å². The summed E-state index contributed by atoms with van der Waals surface area (Å²) in [5.74, 6) is 0.688. The number of aromatic nitrogens is 5. The summed E-state index contributed by atoms with van der Waals surface area (Å²) >= 11 is 0. The first-order valence-corrected chi connectivity index (χ1v) is 8.56. The Balaban J connectivity index is 1.77. The lowest BCUT2D eigenvalue weighted by Crippen LogP contribution is -2.13. The molecule has 0 radical (unpaired) electrons. The zero-order valence-electron chi connectivity index (χ0n) is 15.1. The zero-order chi connectivity index (χ0) is 17.6. The van der Waals surface area contributed by atoms with E-state index in [0.717, 1.165) is 35.3 Å². The fourth-order valence-corrected chi connectivity index (χ4v) is 3.26. The lowest BCUT2D eigenvalue weighted by Gasteiger charge is -2.17. The van der Waals surface area contributed by atoms with E-state index in [1.807, 2.05) is 29.9 Å². The van der Waals surface area contributed by atoms with Gasteiger partial charge in [0.2, 0.25) is 5.95 Å². The molecule has 3 aromatic heterocycles. The highest BCUT2D eigenvalue weighted by Crippen LogP contribution is 2.27. The number of rotatable bonds is 4. The standard InChI is InChI=1S/C19H22N6/c1-5-6-15-18-17(25(4)22-15)12-20-19(21-18)24(3)14-7-8-16-13(11-14)9-10-23(16)2/h7-12H,5-6H2,1-4H3. The van der Waals surface area contributed by atoms with Crippen LogP contribution >= 0.6 is 0 Å². The van der Waals surface area contributed by atoms with E-state index in [-0.39, 0.29) is 0 Å². The molecule has 4 aromatic rings. The van der Waals surface area contributed by atoms with E-state index in [1.54, 1.807) is 0 Å². The average molecular weight is 334 g/mol. The van der Waals surface area contributed by atoms with Crippen LogP contribution < -0.4 is 4.90 Å². The van der Waals surface area contributed by atoms with Crippen LogP contribution in [-0.4, -0.2) is 31.4 Å². The van der Waals surface area contributed by atoms with Gasteiger partial charge in [0.05, 0.1) is 11.9 Å². The minimum Gasteiger partial charge on any atom is -0.351 e. The second kappa shape index (κ2) is 5.88. The van der Waals surface area contributed by atoms with E-state index in [1.165, 1.54) is 10.9 Å². The molecule has 0 aliphatic rings. The molecule has 0 amide bonds. The first-order chi connectivity index (χ1) is 12.1. The Morgan fingerprint density at radius 1 is 1.12 bits per heavy atom. The van der Waals surface area contributed by atoms with Gasteiger partial charge in [-0.05, 0) is 30.7 Å². The molecule has 0 N–H and O–H groups in total. The van der Waals surface area contributed by atoms with Crippen LogP contribution in [0.1, 0.15) is 19.0 Å². The molecule has 0 saturated carbocycles. The molecule has 0 aliphatic heterocycles. The van der Waals surface area contributed by atoms with Gasteiger partial charge in [0, 0.05) is 43.9 Å². The third-order valence-electron chi connectivity index (χ3n) is 4.69. The Morgan fingerprint density at radius 3 is 2.76 bits per heavy atom. The number of hydrogen-bond acceptors (Lipinski definition) is 4. The van der Waals surface area contributed by atoms with E-state index >= 15 is 0 Å². The molecular weight excluding hydrogens is 312 g/mol. The smallest absolute Gasteiger partial charge is 0.230 e. The highest BCUT2D eigenvalue weighted by atomic mass is 15.3. The first-order valence-electron chi connectivity index (χ1n) is 8.56. The van der Waals surface area contributed by atoms with Crippen LogP contribution in [0.2, 0.25) is 0 Å². The van der Waals surface area contributed by atoms with Crippen molar-refractivity contribution in [1.29, 1.82) is 0 Å². The van der Waals surface area contributed by atoms with E-state index in [9.17, 15) is 0 Å². The molecule has 0 fully saturated rings. The number of fused-ring (bicyclic) bond motifs is 2. The van der Waals surface area contributed by atoms with Crippen molar-refractivity contribution >= 4 is 33.6 Å². The molecule has 0 saturated heterocycles. The van der Waals surface area contributed by atoms with Crippen molar-refractivity contribution in [3.05, 3.63) is 42.4 Å². The predicted octanol–water partition coefficient (Wildman–Crippen LogP) is 3.58. The summed E-state index contributed by atoms with van der Waals surface area (Å²) in [7, 11) is 6.00. The minimum absolute atomic E-state index is 0.688. The molecule has 0 aliphatic carbocycles. The molecule has 0 unspecified atom stereocenters. The van der Waals surface area contributed by atoms with Gasteiger partial charge in [0.1, 0.15) is 11.0 Å².